The molecule has 0 atom stereocenters. The first-order valence-electron chi connectivity index (χ1n) is 6.14. The summed E-state index contributed by atoms with van der Waals surface area (Å²) in [6, 6.07) is 0. The van der Waals surface area contributed by atoms with Gasteiger partial charge in [-0.05, 0) is 32.6 Å². The van der Waals surface area contributed by atoms with Crippen LogP contribution in [0.15, 0.2) is 24.3 Å². The maximum atomic E-state index is 11.6. The van der Waals surface area contributed by atoms with Crippen LogP contribution in [0.25, 0.3) is 0 Å². The molecule has 98 valence electrons. The van der Waals surface area contributed by atoms with Crippen molar-refractivity contribution in [3.63, 3.8) is 0 Å². The zero-order chi connectivity index (χ0) is 13.7. The summed E-state index contributed by atoms with van der Waals surface area (Å²) in [5.41, 5.74) is 0.589. The molecule has 0 aromatic carbocycles. The lowest BCUT2D eigenvalue weighted by Gasteiger charge is -2.33. The lowest BCUT2D eigenvalue weighted by molar-refractivity contribution is -0.152. The monoisotopic (exact) mass is 238 g/mol. The van der Waals surface area contributed by atoms with E-state index in [0.29, 0.717) is 0 Å². The molecular weight excluding hydrogens is 212 g/mol. The zero-order valence-corrected chi connectivity index (χ0v) is 12.1. The number of carbonyl (C=O) groups excluding carboxylic acids is 1. The number of esters is 1. The van der Waals surface area contributed by atoms with E-state index in [1.54, 1.807) is 6.08 Å². The second-order valence-electron chi connectivity index (χ2n) is 6.06. The molecule has 0 bridgehead atoms. The standard InChI is InChI=1S/C15H26O2/c1-8-14(4,5)11-15(6,7)17-13(16)10-9-12(2)3/h9-10H,2,8,11H2,1,3-7H3. The predicted octanol–water partition coefficient (Wildman–Crippen LogP) is 4.27. The van der Waals surface area contributed by atoms with Gasteiger partial charge in [-0.15, -0.1) is 0 Å². The van der Waals surface area contributed by atoms with Crippen LogP contribution in [0.2, 0.25) is 0 Å². The Bertz CT molecular complexity index is 309. The third-order valence-corrected chi connectivity index (χ3v) is 2.74. The van der Waals surface area contributed by atoms with E-state index in [9.17, 15) is 4.79 Å². The highest BCUT2D eigenvalue weighted by Gasteiger charge is 2.30. The largest absolute Gasteiger partial charge is 0.456 e. The third kappa shape index (κ3) is 7.78. The second-order valence-corrected chi connectivity index (χ2v) is 6.06. The fourth-order valence-electron chi connectivity index (χ4n) is 1.83. The molecular formula is C15H26O2. The summed E-state index contributed by atoms with van der Waals surface area (Å²) in [7, 11) is 0. The summed E-state index contributed by atoms with van der Waals surface area (Å²) < 4.78 is 5.46. The molecule has 0 aliphatic heterocycles. The minimum atomic E-state index is -0.435. The molecule has 0 N–H and O–H groups in total. The van der Waals surface area contributed by atoms with Crippen LogP contribution in [0.3, 0.4) is 0 Å². The Labute approximate surface area is 106 Å². The molecule has 0 spiro atoms. The summed E-state index contributed by atoms with van der Waals surface area (Å²) in [5, 5.41) is 0. The van der Waals surface area contributed by atoms with Gasteiger partial charge in [0.1, 0.15) is 5.60 Å². The third-order valence-electron chi connectivity index (χ3n) is 2.74. The Morgan fingerprint density at radius 3 is 2.18 bits per heavy atom. The highest BCUT2D eigenvalue weighted by atomic mass is 16.6. The first kappa shape index (κ1) is 16.0. The van der Waals surface area contributed by atoms with E-state index < -0.39 is 5.60 Å². The van der Waals surface area contributed by atoms with Crippen molar-refractivity contribution in [2.24, 2.45) is 5.41 Å². The summed E-state index contributed by atoms with van der Waals surface area (Å²) in [4.78, 5) is 11.6. The SMILES string of the molecule is C=C(C)C=CC(=O)OC(C)(C)CC(C)(C)CC. The van der Waals surface area contributed by atoms with Gasteiger partial charge in [-0.25, -0.2) is 4.79 Å². The van der Waals surface area contributed by atoms with Gasteiger partial charge in [-0.2, -0.15) is 0 Å². The number of hydrogen-bond donors (Lipinski definition) is 0. The van der Waals surface area contributed by atoms with Crippen molar-refractivity contribution in [2.75, 3.05) is 0 Å². The van der Waals surface area contributed by atoms with Gasteiger partial charge in [0.15, 0.2) is 0 Å². The van der Waals surface area contributed by atoms with E-state index in [-0.39, 0.29) is 11.4 Å². The smallest absolute Gasteiger partial charge is 0.331 e. The van der Waals surface area contributed by atoms with Crippen molar-refractivity contribution in [3.8, 4) is 0 Å². The number of rotatable bonds is 6. The van der Waals surface area contributed by atoms with Gasteiger partial charge in [0.2, 0.25) is 0 Å². The molecule has 0 saturated carbocycles. The fraction of sp³-hybridized carbons (Fsp3) is 0.667. The Morgan fingerprint density at radius 1 is 1.24 bits per heavy atom. The van der Waals surface area contributed by atoms with Crippen LogP contribution in [-0.4, -0.2) is 11.6 Å². The van der Waals surface area contributed by atoms with E-state index in [1.165, 1.54) is 6.08 Å². The highest BCUT2D eigenvalue weighted by Crippen LogP contribution is 2.32. The van der Waals surface area contributed by atoms with Crippen LogP contribution in [0.1, 0.15) is 54.4 Å². The Balaban J connectivity index is 4.45. The first-order chi connectivity index (χ1) is 7.58. The van der Waals surface area contributed by atoms with Gasteiger partial charge in [-0.3, -0.25) is 0 Å². The van der Waals surface area contributed by atoms with Crippen LogP contribution in [0.5, 0.6) is 0 Å². The zero-order valence-electron chi connectivity index (χ0n) is 12.1. The summed E-state index contributed by atoms with van der Waals surface area (Å²) in [6.07, 6.45) is 5.02. The lowest BCUT2D eigenvalue weighted by Crippen LogP contribution is -2.33. The summed E-state index contributed by atoms with van der Waals surface area (Å²) in [5.74, 6) is -0.301. The van der Waals surface area contributed by atoms with Crippen LogP contribution in [0, 0.1) is 5.41 Å². The van der Waals surface area contributed by atoms with Gasteiger partial charge in [-0.1, -0.05) is 45.4 Å². The van der Waals surface area contributed by atoms with E-state index in [4.69, 9.17) is 4.74 Å². The van der Waals surface area contributed by atoms with Crippen molar-refractivity contribution in [1.29, 1.82) is 0 Å². The van der Waals surface area contributed by atoms with E-state index in [0.717, 1.165) is 18.4 Å². The van der Waals surface area contributed by atoms with Crippen molar-refractivity contribution >= 4 is 5.97 Å². The van der Waals surface area contributed by atoms with Gasteiger partial charge >= 0.3 is 5.97 Å². The molecule has 0 aromatic heterocycles. The van der Waals surface area contributed by atoms with Gasteiger partial charge < -0.3 is 4.74 Å². The molecule has 0 unspecified atom stereocenters. The van der Waals surface area contributed by atoms with Crippen LogP contribution >= 0.6 is 0 Å². The average molecular weight is 238 g/mol. The number of hydrogen-bond acceptors (Lipinski definition) is 2. The van der Waals surface area contributed by atoms with Crippen LogP contribution in [0.4, 0.5) is 0 Å². The van der Waals surface area contributed by atoms with Crippen molar-refractivity contribution in [3.05, 3.63) is 24.3 Å². The number of allylic oxidation sites excluding steroid dienone is 2. The molecule has 17 heavy (non-hydrogen) atoms. The quantitative estimate of drug-likeness (QED) is 0.392. The average Bonchev–Trinajstić information content (AvgIpc) is 2.12. The minimum Gasteiger partial charge on any atom is -0.456 e. The van der Waals surface area contributed by atoms with Gasteiger partial charge in [0, 0.05) is 6.08 Å². The number of carbonyl (C=O) groups is 1. The van der Waals surface area contributed by atoms with Crippen LogP contribution < -0.4 is 0 Å². The molecule has 2 nitrogen and oxygen atoms in total. The molecule has 0 amide bonds. The molecule has 0 aliphatic carbocycles. The van der Waals surface area contributed by atoms with Crippen molar-refractivity contribution in [1.82, 2.24) is 0 Å². The second kappa shape index (κ2) is 6.04. The van der Waals surface area contributed by atoms with Crippen molar-refractivity contribution < 1.29 is 9.53 Å². The lowest BCUT2D eigenvalue weighted by atomic mass is 9.80. The summed E-state index contributed by atoms with van der Waals surface area (Å²) >= 11 is 0. The molecule has 0 fully saturated rings. The van der Waals surface area contributed by atoms with E-state index in [2.05, 4.69) is 27.4 Å². The molecule has 0 saturated heterocycles. The summed E-state index contributed by atoms with van der Waals surface area (Å²) in [6.45, 7) is 16.0. The van der Waals surface area contributed by atoms with E-state index >= 15 is 0 Å². The Kier molecular flexibility index (Phi) is 5.67. The topological polar surface area (TPSA) is 26.3 Å². The number of ether oxygens (including phenoxy) is 1. The van der Waals surface area contributed by atoms with Gasteiger partial charge in [0.25, 0.3) is 0 Å². The van der Waals surface area contributed by atoms with Gasteiger partial charge in [0.05, 0.1) is 0 Å². The molecule has 0 rings (SSSR count). The molecule has 2 heteroatoms. The van der Waals surface area contributed by atoms with Crippen molar-refractivity contribution in [2.45, 2.75) is 60.0 Å². The predicted molar refractivity (Wildman–Crippen MR) is 72.8 cm³/mol. The molecule has 0 aliphatic rings. The molecule has 0 aromatic rings. The van der Waals surface area contributed by atoms with Crippen LogP contribution in [-0.2, 0) is 9.53 Å². The van der Waals surface area contributed by atoms with E-state index in [1.807, 2.05) is 20.8 Å². The highest BCUT2D eigenvalue weighted by molar-refractivity contribution is 5.82. The fourth-order valence-corrected chi connectivity index (χ4v) is 1.83. The Morgan fingerprint density at radius 2 is 1.76 bits per heavy atom. The first-order valence-corrected chi connectivity index (χ1v) is 6.14. The molecule has 0 heterocycles. The minimum absolute atomic E-state index is 0.182. The Hall–Kier alpha value is -1.05. The normalized spacial score (nSPS) is 12.8. The molecule has 0 radical (unpaired) electrons. The maximum absolute atomic E-state index is 11.6. The maximum Gasteiger partial charge on any atom is 0.331 e.